The van der Waals surface area contributed by atoms with Crippen molar-refractivity contribution in [3.05, 3.63) is 131 Å². The Hall–Kier alpha value is -4.40. The second-order valence-electron chi connectivity index (χ2n) is 10.8. The monoisotopic (exact) mass is 639 g/mol. The molecule has 0 N–H and O–H groups in total. The highest BCUT2D eigenvalue weighted by molar-refractivity contribution is 7.07. The lowest BCUT2D eigenvalue weighted by molar-refractivity contribution is -0.139. The molecule has 0 aliphatic carbocycles. The number of hydrogen-bond acceptors (Lipinski definition) is 6. The van der Waals surface area contributed by atoms with Crippen LogP contribution in [0.3, 0.4) is 0 Å². The number of benzene rings is 3. The summed E-state index contributed by atoms with van der Waals surface area (Å²) in [6.45, 7) is 6.69. The van der Waals surface area contributed by atoms with Gasteiger partial charge in [0.05, 0.1) is 29.5 Å². The number of aromatic nitrogens is 2. The Kier molecular flexibility index (Phi) is 8.79. The van der Waals surface area contributed by atoms with Crippen molar-refractivity contribution in [2.45, 2.75) is 46.2 Å². The van der Waals surface area contributed by atoms with Crippen LogP contribution in [0.2, 0.25) is 5.02 Å². The summed E-state index contributed by atoms with van der Waals surface area (Å²) in [4.78, 5) is 33.4. The molecular formula is C36H34ClN3O4S. The number of para-hydroxylation sites is 2. The number of methoxy groups -OCH3 is 1. The van der Waals surface area contributed by atoms with Gasteiger partial charge in [-0.05, 0) is 50.1 Å². The number of ether oxygens (including phenoxy) is 2. The molecule has 3 heterocycles. The molecule has 1 aliphatic rings. The molecule has 9 heteroatoms. The maximum atomic E-state index is 14.4. The number of carbonyl (C=O) groups is 1. The van der Waals surface area contributed by atoms with E-state index in [1.54, 1.807) is 18.6 Å². The van der Waals surface area contributed by atoms with Crippen molar-refractivity contribution in [2.24, 2.45) is 4.99 Å². The molecule has 3 aromatic carbocycles. The van der Waals surface area contributed by atoms with Gasteiger partial charge in [-0.3, -0.25) is 9.36 Å². The first-order valence-corrected chi connectivity index (χ1v) is 16.2. The third-order valence-corrected chi connectivity index (χ3v) is 9.52. The van der Waals surface area contributed by atoms with Gasteiger partial charge in [0.1, 0.15) is 11.8 Å². The van der Waals surface area contributed by atoms with Crippen molar-refractivity contribution in [3.63, 3.8) is 0 Å². The highest BCUT2D eigenvalue weighted by atomic mass is 35.5. The zero-order valence-corrected chi connectivity index (χ0v) is 27.2. The highest BCUT2D eigenvalue weighted by Gasteiger charge is 2.36. The highest BCUT2D eigenvalue weighted by Crippen LogP contribution is 2.37. The van der Waals surface area contributed by atoms with E-state index in [0.29, 0.717) is 49.9 Å². The fraction of sp³-hybridized carbons (Fsp3) is 0.250. The second kappa shape index (κ2) is 12.9. The fourth-order valence-corrected chi connectivity index (χ4v) is 7.28. The van der Waals surface area contributed by atoms with Crippen molar-refractivity contribution in [2.75, 3.05) is 13.7 Å². The summed E-state index contributed by atoms with van der Waals surface area (Å²) in [5.41, 5.74) is 5.51. The summed E-state index contributed by atoms with van der Waals surface area (Å²) < 4.78 is 15.6. The summed E-state index contributed by atoms with van der Waals surface area (Å²) in [5.74, 6) is 0.100. The van der Waals surface area contributed by atoms with Crippen LogP contribution in [0, 0.1) is 6.92 Å². The topological polar surface area (TPSA) is 74.8 Å². The standard InChI is InChI=1S/C36H34ClN3O4S/c1-5-13-28-32(35(42)44-6-2)33(25-16-9-12-19-30(25)43-4)40-34(41)31(45-36(40)38-28)20-26-22(3)39(29-18-11-8-15-24(26)29)21-23-14-7-10-17-27(23)37/h7-12,14-20,33H,5-6,13,21H2,1-4H3/b31-20+/t33-/m1/s1. The SMILES string of the molecule is CCCC1=C(C(=O)OCC)[C@@H](c2ccccc2OC)n2c(s/c(=C/c3c(C)n(Cc4ccccc4Cl)c4ccccc34)c2=O)=N1. The number of fused-ring (bicyclic) bond motifs is 2. The van der Waals surface area contributed by atoms with Crippen LogP contribution in [0.5, 0.6) is 5.75 Å². The van der Waals surface area contributed by atoms with Gasteiger partial charge in [0, 0.05) is 39.3 Å². The molecular weight excluding hydrogens is 606 g/mol. The normalized spacial score (nSPS) is 14.9. The van der Waals surface area contributed by atoms with Gasteiger partial charge in [-0.2, -0.15) is 0 Å². The maximum absolute atomic E-state index is 14.4. The Morgan fingerprint density at radius 3 is 2.53 bits per heavy atom. The van der Waals surface area contributed by atoms with E-state index in [1.807, 2.05) is 73.7 Å². The lowest BCUT2D eigenvalue weighted by atomic mass is 9.93. The van der Waals surface area contributed by atoms with Crippen LogP contribution < -0.4 is 19.6 Å². The number of hydrogen-bond donors (Lipinski definition) is 0. The molecule has 0 bridgehead atoms. The number of carbonyl (C=O) groups excluding carboxylic acids is 1. The Morgan fingerprint density at radius 1 is 1.04 bits per heavy atom. The quantitative estimate of drug-likeness (QED) is 0.171. The van der Waals surface area contributed by atoms with E-state index in [9.17, 15) is 9.59 Å². The maximum Gasteiger partial charge on any atom is 0.338 e. The summed E-state index contributed by atoms with van der Waals surface area (Å²) in [7, 11) is 1.59. The molecule has 0 saturated heterocycles. The van der Waals surface area contributed by atoms with E-state index in [1.165, 1.54) is 11.3 Å². The van der Waals surface area contributed by atoms with Gasteiger partial charge in [0.15, 0.2) is 4.80 Å². The number of nitrogens with zero attached hydrogens (tertiary/aromatic N) is 3. The summed E-state index contributed by atoms with van der Waals surface area (Å²) in [6, 6.07) is 22.8. The molecule has 7 nitrogen and oxygen atoms in total. The van der Waals surface area contributed by atoms with Gasteiger partial charge in [0.25, 0.3) is 5.56 Å². The van der Waals surface area contributed by atoms with E-state index in [-0.39, 0.29) is 12.2 Å². The molecule has 0 spiro atoms. The van der Waals surface area contributed by atoms with E-state index < -0.39 is 12.0 Å². The summed E-state index contributed by atoms with van der Waals surface area (Å²) in [5, 5.41) is 1.74. The summed E-state index contributed by atoms with van der Waals surface area (Å²) >= 11 is 7.88. The molecule has 230 valence electrons. The van der Waals surface area contributed by atoms with Gasteiger partial charge in [-0.1, -0.05) is 90.9 Å². The number of thiazole rings is 1. The number of rotatable bonds is 9. The first-order valence-electron chi connectivity index (χ1n) is 15.0. The van der Waals surface area contributed by atoms with Crippen molar-refractivity contribution in [1.29, 1.82) is 0 Å². The molecule has 6 rings (SSSR count). The Morgan fingerprint density at radius 2 is 1.78 bits per heavy atom. The van der Waals surface area contributed by atoms with Crippen molar-refractivity contribution in [1.82, 2.24) is 9.13 Å². The first-order chi connectivity index (χ1) is 21.9. The average molecular weight is 640 g/mol. The molecule has 1 aliphatic heterocycles. The minimum atomic E-state index is -0.747. The van der Waals surface area contributed by atoms with Crippen molar-refractivity contribution in [3.8, 4) is 5.75 Å². The smallest absolute Gasteiger partial charge is 0.338 e. The van der Waals surface area contributed by atoms with E-state index in [2.05, 4.69) is 23.6 Å². The Labute approximate surface area is 270 Å². The lowest BCUT2D eigenvalue weighted by Crippen LogP contribution is -2.40. The average Bonchev–Trinajstić information content (AvgIpc) is 3.50. The zero-order chi connectivity index (χ0) is 31.7. The van der Waals surface area contributed by atoms with Gasteiger partial charge in [-0.25, -0.2) is 9.79 Å². The van der Waals surface area contributed by atoms with Crippen LogP contribution in [0.15, 0.2) is 93.9 Å². The van der Waals surface area contributed by atoms with Gasteiger partial charge < -0.3 is 14.0 Å². The minimum absolute atomic E-state index is 0.211. The molecule has 45 heavy (non-hydrogen) atoms. The predicted octanol–water partition coefficient (Wildman–Crippen LogP) is 6.55. The Bertz CT molecular complexity index is 2140. The number of esters is 1. The van der Waals surface area contributed by atoms with Gasteiger partial charge >= 0.3 is 5.97 Å². The van der Waals surface area contributed by atoms with Gasteiger partial charge in [-0.15, -0.1) is 0 Å². The van der Waals surface area contributed by atoms with E-state index in [4.69, 9.17) is 26.1 Å². The van der Waals surface area contributed by atoms with Crippen LogP contribution in [-0.4, -0.2) is 28.8 Å². The molecule has 0 saturated carbocycles. The molecule has 0 amide bonds. The fourth-order valence-electron chi connectivity index (χ4n) is 6.08. The van der Waals surface area contributed by atoms with Gasteiger partial charge in [0.2, 0.25) is 0 Å². The van der Waals surface area contributed by atoms with Crippen LogP contribution >= 0.6 is 22.9 Å². The summed E-state index contributed by atoms with van der Waals surface area (Å²) in [6.07, 6.45) is 3.30. The molecule has 1 atom stereocenters. The second-order valence-corrected chi connectivity index (χ2v) is 12.3. The Balaban J connectivity index is 1.59. The van der Waals surface area contributed by atoms with Crippen LogP contribution in [0.4, 0.5) is 0 Å². The third kappa shape index (κ3) is 5.53. The molecule has 0 unspecified atom stereocenters. The van der Waals surface area contributed by atoms with Crippen molar-refractivity contribution < 1.29 is 14.3 Å². The number of halogens is 1. The largest absolute Gasteiger partial charge is 0.496 e. The van der Waals surface area contributed by atoms with E-state index in [0.717, 1.165) is 34.1 Å². The number of allylic oxidation sites excluding steroid dienone is 1. The van der Waals surface area contributed by atoms with Crippen molar-refractivity contribution >= 4 is 45.9 Å². The zero-order valence-electron chi connectivity index (χ0n) is 25.7. The molecule has 5 aromatic rings. The predicted molar refractivity (Wildman–Crippen MR) is 180 cm³/mol. The van der Waals surface area contributed by atoms with Crippen LogP contribution in [0.1, 0.15) is 55.1 Å². The molecule has 2 aromatic heterocycles. The van der Waals surface area contributed by atoms with E-state index >= 15 is 0 Å². The molecule has 0 fully saturated rings. The first kappa shape index (κ1) is 30.6. The third-order valence-electron chi connectivity index (χ3n) is 8.17. The minimum Gasteiger partial charge on any atom is -0.496 e. The molecule has 0 radical (unpaired) electrons. The van der Waals surface area contributed by atoms with Crippen LogP contribution in [-0.2, 0) is 16.1 Å². The van der Waals surface area contributed by atoms with Crippen LogP contribution in [0.25, 0.3) is 17.0 Å². The lowest BCUT2D eigenvalue weighted by Gasteiger charge is -2.26.